The van der Waals surface area contributed by atoms with Gasteiger partial charge in [-0.3, -0.25) is 4.79 Å². The SMILES string of the molecule is CC(C(=O)N1CCN[C@H](C)C1)n1cnc2ccccc21. The molecule has 5 heteroatoms. The number of benzene rings is 1. The van der Waals surface area contributed by atoms with E-state index in [0.29, 0.717) is 6.04 Å². The molecule has 1 saturated heterocycles. The quantitative estimate of drug-likeness (QED) is 0.899. The first-order valence-electron chi connectivity index (χ1n) is 7.10. The number of nitrogens with zero attached hydrogens (tertiary/aromatic N) is 3. The van der Waals surface area contributed by atoms with E-state index in [1.165, 1.54) is 0 Å². The van der Waals surface area contributed by atoms with E-state index in [2.05, 4.69) is 17.2 Å². The molecule has 5 nitrogen and oxygen atoms in total. The summed E-state index contributed by atoms with van der Waals surface area (Å²) in [7, 11) is 0. The number of hydrogen-bond acceptors (Lipinski definition) is 3. The first-order valence-corrected chi connectivity index (χ1v) is 7.10. The van der Waals surface area contributed by atoms with E-state index < -0.39 is 0 Å². The smallest absolute Gasteiger partial charge is 0.245 e. The molecule has 0 radical (unpaired) electrons. The molecule has 1 N–H and O–H groups in total. The van der Waals surface area contributed by atoms with Crippen LogP contribution in [0, 0.1) is 0 Å². The number of amides is 1. The molecule has 1 aromatic heterocycles. The molecule has 106 valence electrons. The van der Waals surface area contributed by atoms with Crippen LogP contribution in [0.1, 0.15) is 19.9 Å². The molecule has 2 aromatic rings. The Morgan fingerprint density at radius 3 is 3.05 bits per heavy atom. The number of piperazine rings is 1. The van der Waals surface area contributed by atoms with Gasteiger partial charge in [0.05, 0.1) is 17.4 Å². The van der Waals surface area contributed by atoms with Crippen molar-refractivity contribution in [3.05, 3.63) is 30.6 Å². The number of carbonyl (C=O) groups excluding carboxylic acids is 1. The van der Waals surface area contributed by atoms with Crippen molar-refractivity contribution in [1.82, 2.24) is 19.8 Å². The minimum absolute atomic E-state index is 0.168. The molecule has 1 fully saturated rings. The maximum atomic E-state index is 12.6. The molecule has 0 aliphatic carbocycles. The molecule has 0 bridgehead atoms. The Labute approximate surface area is 118 Å². The molecule has 2 atom stereocenters. The highest BCUT2D eigenvalue weighted by atomic mass is 16.2. The van der Waals surface area contributed by atoms with Gasteiger partial charge in [0, 0.05) is 25.7 Å². The van der Waals surface area contributed by atoms with Crippen molar-refractivity contribution in [2.24, 2.45) is 0 Å². The number of fused-ring (bicyclic) bond motifs is 1. The summed E-state index contributed by atoms with van der Waals surface area (Å²) in [6, 6.07) is 8.06. The fourth-order valence-electron chi connectivity index (χ4n) is 2.80. The molecule has 1 unspecified atom stereocenters. The second-order valence-electron chi connectivity index (χ2n) is 5.46. The number of hydrogen-bond donors (Lipinski definition) is 1. The molecular formula is C15H20N4O. The standard InChI is InChI=1S/C15H20N4O/c1-11-9-18(8-7-16-11)15(20)12(2)19-10-17-13-5-3-4-6-14(13)19/h3-6,10-12,16H,7-9H2,1-2H3/t11-,12?/m1/s1. The van der Waals surface area contributed by atoms with Crippen LogP contribution in [0.5, 0.6) is 0 Å². The van der Waals surface area contributed by atoms with E-state index in [4.69, 9.17) is 0 Å². The Kier molecular flexibility index (Phi) is 3.44. The fraction of sp³-hybridized carbons (Fsp3) is 0.467. The zero-order valence-electron chi connectivity index (χ0n) is 11.9. The Morgan fingerprint density at radius 1 is 1.45 bits per heavy atom. The highest BCUT2D eigenvalue weighted by Gasteiger charge is 2.26. The van der Waals surface area contributed by atoms with Gasteiger partial charge in [0.25, 0.3) is 0 Å². The van der Waals surface area contributed by atoms with Gasteiger partial charge >= 0.3 is 0 Å². The van der Waals surface area contributed by atoms with E-state index in [9.17, 15) is 4.79 Å². The first kappa shape index (κ1) is 13.1. The Morgan fingerprint density at radius 2 is 2.25 bits per heavy atom. The van der Waals surface area contributed by atoms with Crippen LogP contribution in [-0.2, 0) is 4.79 Å². The molecule has 0 spiro atoms. The molecule has 1 aliphatic rings. The lowest BCUT2D eigenvalue weighted by molar-refractivity contribution is -0.135. The van der Waals surface area contributed by atoms with Crippen LogP contribution >= 0.6 is 0 Å². The van der Waals surface area contributed by atoms with Crippen molar-refractivity contribution in [1.29, 1.82) is 0 Å². The molecule has 0 saturated carbocycles. The maximum Gasteiger partial charge on any atom is 0.245 e. The third-order valence-corrected chi connectivity index (χ3v) is 3.94. The zero-order valence-corrected chi connectivity index (χ0v) is 11.9. The van der Waals surface area contributed by atoms with E-state index in [0.717, 1.165) is 30.7 Å². The number of rotatable bonds is 2. The van der Waals surface area contributed by atoms with Gasteiger partial charge in [-0.15, -0.1) is 0 Å². The summed E-state index contributed by atoms with van der Waals surface area (Å²) in [6.45, 7) is 6.47. The van der Waals surface area contributed by atoms with Crippen LogP contribution in [0.3, 0.4) is 0 Å². The number of carbonyl (C=O) groups is 1. The van der Waals surface area contributed by atoms with Crippen molar-refractivity contribution in [3.63, 3.8) is 0 Å². The summed E-state index contributed by atoms with van der Waals surface area (Å²) in [6.07, 6.45) is 1.76. The molecule has 20 heavy (non-hydrogen) atoms. The van der Waals surface area contributed by atoms with Gasteiger partial charge in [0.1, 0.15) is 6.04 Å². The van der Waals surface area contributed by atoms with Crippen LogP contribution in [0.4, 0.5) is 0 Å². The van der Waals surface area contributed by atoms with Gasteiger partial charge in [0.15, 0.2) is 0 Å². The summed E-state index contributed by atoms with van der Waals surface area (Å²) in [5.41, 5.74) is 1.94. The number of imidazole rings is 1. The van der Waals surface area contributed by atoms with Crippen molar-refractivity contribution >= 4 is 16.9 Å². The Bertz CT molecular complexity index is 621. The van der Waals surface area contributed by atoms with Crippen molar-refractivity contribution in [2.45, 2.75) is 25.9 Å². The second-order valence-corrected chi connectivity index (χ2v) is 5.46. The van der Waals surface area contributed by atoms with Gasteiger partial charge in [0.2, 0.25) is 5.91 Å². The summed E-state index contributed by atoms with van der Waals surface area (Å²) in [5.74, 6) is 0.168. The monoisotopic (exact) mass is 272 g/mol. The molecule has 1 aliphatic heterocycles. The average Bonchev–Trinajstić information content (AvgIpc) is 2.89. The molecule has 2 heterocycles. The Balaban J connectivity index is 1.84. The summed E-state index contributed by atoms with van der Waals surface area (Å²) >= 11 is 0. The lowest BCUT2D eigenvalue weighted by Crippen LogP contribution is -2.52. The minimum atomic E-state index is -0.215. The van der Waals surface area contributed by atoms with Crippen LogP contribution < -0.4 is 5.32 Å². The largest absolute Gasteiger partial charge is 0.338 e. The molecule has 3 rings (SSSR count). The normalized spacial score (nSPS) is 21.1. The Hall–Kier alpha value is -1.88. The molecule has 1 aromatic carbocycles. The predicted molar refractivity (Wildman–Crippen MR) is 78.5 cm³/mol. The van der Waals surface area contributed by atoms with Crippen molar-refractivity contribution in [2.75, 3.05) is 19.6 Å². The highest BCUT2D eigenvalue weighted by molar-refractivity contribution is 5.83. The topological polar surface area (TPSA) is 50.2 Å². The third kappa shape index (κ3) is 2.29. The van der Waals surface area contributed by atoms with Crippen LogP contribution in [0.2, 0.25) is 0 Å². The van der Waals surface area contributed by atoms with Crippen LogP contribution in [-0.4, -0.2) is 46.0 Å². The lowest BCUT2D eigenvalue weighted by atomic mass is 10.2. The van der Waals surface area contributed by atoms with E-state index >= 15 is 0 Å². The average molecular weight is 272 g/mol. The third-order valence-electron chi connectivity index (χ3n) is 3.94. The summed E-state index contributed by atoms with van der Waals surface area (Å²) in [5, 5.41) is 3.36. The van der Waals surface area contributed by atoms with Gasteiger partial charge in [-0.2, -0.15) is 0 Å². The molecule has 1 amide bonds. The lowest BCUT2D eigenvalue weighted by Gasteiger charge is -2.33. The van der Waals surface area contributed by atoms with Crippen LogP contribution in [0.25, 0.3) is 11.0 Å². The van der Waals surface area contributed by atoms with Gasteiger partial charge < -0.3 is 14.8 Å². The van der Waals surface area contributed by atoms with E-state index in [1.807, 2.05) is 40.7 Å². The van der Waals surface area contributed by atoms with Gasteiger partial charge in [-0.1, -0.05) is 12.1 Å². The van der Waals surface area contributed by atoms with Crippen LogP contribution in [0.15, 0.2) is 30.6 Å². The minimum Gasteiger partial charge on any atom is -0.338 e. The summed E-state index contributed by atoms with van der Waals surface area (Å²) < 4.78 is 1.96. The second kappa shape index (κ2) is 5.25. The predicted octanol–water partition coefficient (Wildman–Crippen LogP) is 1.42. The van der Waals surface area contributed by atoms with Gasteiger partial charge in [-0.25, -0.2) is 4.98 Å². The summed E-state index contributed by atoms with van der Waals surface area (Å²) in [4.78, 5) is 18.9. The van der Waals surface area contributed by atoms with E-state index in [1.54, 1.807) is 6.33 Å². The van der Waals surface area contributed by atoms with E-state index in [-0.39, 0.29) is 11.9 Å². The zero-order chi connectivity index (χ0) is 14.1. The van der Waals surface area contributed by atoms with Gasteiger partial charge in [-0.05, 0) is 26.0 Å². The van der Waals surface area contributed by atoms with Crippen molar-refractivity contribution < 1.29 is 4.79 Å². The van der Waals surface area contributed by atoms with Crippen molar-refractivity contribution in [3.8, 4) is 0 Å². The fourth-order valence-corrected chi connectivity index (χ4v) is 2.80. The first-order chi connectivity index (χ1) is 9.66. The number of aromatic nitrogens is 2. The highest BCUT2D eigenvalue weighted by Crippen LogP contribution is 2.19. The number of para-hydroxylation sites is 2. The number of nitrogens with one attached hydrogen (secondary N) is 1. The molecular weight excluding hydrogens is 252 g/mol. The maximum absolute atomic E-state index is 12.6.